The number of halogens is 1. The first-order valence-electron chi connectivity index (χ1n) is 5.39. The molecule has 0 spiro atoms. The van der Waals surface area contributed by atoms with E-state index in [0.29, 0.717) is 17.7 Å². The molecule has 0 fully saturated rings. The van der Waals surface area contributed by atoms with E-state index in [-0.39, 0.29) is 12.3 Å². The molecule has 6 nitrogen and oxygen atoms in total. The van der Waals surface area contributed by atoms with Gasteiger partial charge in [-0.3, -0.25) is 0 Å². The van der Waals surface area contributed by atoms with Gasteiger partial charge in [-0.2, -0.15) is 0 Å². The van der Waals surface area contributed by atoms with E-state index in [1.165, 1.54) is 7.11 Å². The third-order valence-electron chi connectivity index (χ3n) is 2.01. The van der Waals surface area contributed by atoms with Crippen LogP contribution in [0.4, 0.5) is 5.69 Å². The van der Waals surface area contributed by atoms with E-state index >= 15 is 0 Å². The highest BCUT2D eigenvalue weighted by molar-refractivity contribution is 9.10. The molecule has 0 saturated heterocycles. The molecule has 7 heteroatoms. The van der Waals surface area contributed by atoms with Gasteiger partial charge in [0.1, 0.15) is 17.7 Å². The minimum absolute atomic E-state index is 0.188. The first kappa shape index (κ1) is 15.2. The highest BCUT2D eigenvalue weighted by Gasteiger charge is 2.10. The fourth-order valence-corrected chi connectivity index (χ4v) is 1.51. The van der Waals surface area contributed by atoms with Crippen LogP contribution in [0.25, 0.3) is 0 Å². The van der Waals surface area contributed by atoms with Crippen molar-refractivity contribution in [1.82, 2.24) is 0 Å². The van der Waals surface area contributed by atoms with Gasteiger partial charge in [-0.05, 0) is 25.1 Å². The number of esters is 1. The van der Waals surface area contributed by atoms with Crippen LogP contribution in [0.3, 0.4) is 0 Å². The number of carbonyl (C=O) groups excluding carboxylic acids is 1. The minimum Gasteiger partial charge on any atom is -0.513 e. The number of nitrogens with zero attached hydrogens (tertiary/aromatic N) is 2. The molecule has 0 amide bonds. The van der Waals surface area contributed by atoms with Gasteiger partial charge in [0.25, 0.3) is 0 Å². The summed E-state index contributed by atoms with van der Waals surface area (Å²) in [5.41, 5.74) is 0.140. The quantitative estimate of drug-likeness (QED) is 0.388. The average Bonchev–Trinajstić information content (AvgIpc) is 2.41. The number of aliphatic hydroxyl groups is 1. The maximum absolute atomic E-state index is 11.4. The number of carbonyl (C=O) groups is 1. The topological polar surface area (TPSA) is 80.5 Å². The van der Waals surface area contributed by atoms with Crippen molar-refractivity contribution in [3.8, 4) is 5.75 Å². The fourth-order valence-electron chi connectivity index (χ4n) is 1.17. The largest absolute Gasteiger partial charge is 0.513 e. The molecule has 1 N–H and O–H groups in total. The first-order chi connectivity index (χ1) is 9.12. The molecule has 1 aromatic rings. The molecule has 0 atom stereocenters. The molecular weight excluding hydrogens is 316 g/mol. The smallest absolute Gasteiger partial charge is 0.362 e. The van der Waals surface area contributed by atoms with Gasteiger partial charge in [-0.15, -0.1) is 10.2 Å². The highest BCUT2D eigenvalue weighted by Crippen LogP contribution is 2.31. The Bertz CT molecular complexity index is 514. The van der Waals surface area contributed by atoms with E-state index in [0.717, 1.165) is 4.47 Å². The van der Waals surface area contributed by atoms with Gasteiger partial charge >= 0.3 is 5.97 Å². The summed E-state index contributed by atoms with van der Waals surface area (Å²) in [6, 6.07) is 5.12. The van der Waals surface area contributed by atoms with E-state index in [1.54, 1.807) is 25.1 Å². The van der Waals surface area contributed by atoms with E-state index in [9.17, 15) is 4.79 Å². The molecule has 0 heterocycles. The van der Waals surface area contributed by atoms with Crippen molar-refractivity contribution >= 4 is 27.6 Å². The van der Waals surface area contributed by atoms with Gasteiger partial charge < -0.3 is 14.6 Å². The second-order valence-corrected chi connectivity index (χ2v) is 4.17. The lowest BCUT2D eigenvalue weighted by Gasteiger charge is -2.04. The van der Waals surface area contributed by atoms with Crippen molar-refractivity contribution in [3.63, 3.8) is 0 Å². The molecule has 0 aromatic heterocycles. The first-order valence-corrected chi connectivity index (χ1v) is 6.18. The van der Waals surface area contributed by atoms with Crippen LogP contribution < -0.4 is 4.74 Å². The van der Waals surface area contributed by atoms with Crippen LogP contribution in [0.15, 0.2) is 44.9 Å². The predicted octanol–water partition coefficient (Wildman–Crippen LogP) is 3.50. The summed E-state index contributed by atoms with van der Waals surface area (Å²) >= 11 is 3.30. The summed E-state index contributed by atoms with van der Waals surface area (Å²) in [6.07, 6.45) is 0.548. The lowest BCUT2D eigenvalue weighted by atomic mass is 10.3. The second kappa shape index (κ2) is 7.52. The van der Waals surface area contributed by atoms with Crippen molar-refractivity contribution < 1.29 is 19.4 Å². The third kappa shape index (κ3) is 4.36. The standard InChI is InChI=1S/C12H13BrN2O4/c1-3-19-12(17)10(7-16)15-14-9-5-4-8(13)6-11(9)18-2/h4-7,16H,3H2,1-2H3/b10-7?,15-14-. The SMILES string of the molecule is CCOC(=O)C(=CO)/N=N\c1ccc(Br)cc1OC. The van der Waals surface area contributed by atoms with Crippen LogP contribution in [0.5, 0.6) is 5.75 Å². The number of aliphatic hydroxyl groups excluding tert-OH is 1. The number of hydrogen-bond donors (Lipinski definition) is 1. The summed E-state index contributed by atoms with van der Waals surface area (Å²) in [5, 5.41) is 16.4. The summed E-state index contributed by atoms with van der Waals surface area (Å²) in [5.74, 6) is -0.260. The van der Waals surface area contributed by atoms with Gasteiger partial charge in [0, 0.05) is 4.47 Å². The van der Waals surface area contributed by atoms with Gasteiger partial charge in [-0.1, -0.05) is 15.9 Å². The Labute approximate surface area is 118 Å². The Morgan fingerprint density at radius 1 is 1.53 bits per heavy atom. The fraction of sp³-hybridized carbons (Fsp3) is 0.250. The van der Waals surface area contributed by atoms with Crippen LogP contribution in [0.1, 0.15) is 6.92 Å². The van der Waals surface area contributed by atoms with E-state index in [2.05, 4.69) is 26.2 Å². The lowest BCUT2D eigenvalue weighted by Crippen LogP contribution is -2.05. The normalized spacial score (nSPS) is 11.6. The Morgan fingerprint density at radius 2 is 2.26 bits per heavy atom. The Hall–Kier alpha value is -1.89. The van der Waals surface area contributed by atoms with Gasteiger partial charge in [-0.25, -0.2) is 4.79 Å². The third-order valence-corrected chi connectivity index (χ3v) is 2.51. The van der Waals surface area contributed by atoms with Crippen LogP contribution in [0, 0.1) is 0 Å². The second-order valence-electron chi connectivity index (χ2n) is 3.25. The molecule has 102 valence electrons. The molecule has 19 heavy (non-hydrogen) atoms. The lowest BCUT2D eigenvalue weighted by molar-refractivity contribution is -0.138. The Morgan fingerprint density at radius 3 is 2.84 bits per heavy atom. The Kier molecular flexibility index (Phi) is 6.01. The van der Waals surface area contributed by atoms with Crippen LogP contribution >= 0.6 is 15.9 Å². The monoisotopic (exact) mass is 328 g/mol. The van der Waals surface area contributed by atoms with Gasteiger partial charge in [0.05, 0.1) is 13.7 Å². The number of hydrogen-bond acceptors (Lipinski definition) is 6. The minimum atomic E-state index is -0.746. The van der Waals surface area contributed by atoms with Crippen molar-refractivity contribution in [2.75, 3.05) is 13.7 Å². The summed E-state index contributed by atoms with van der Waals surface area (Å²) in [4.78, 5) is 11.4. The van der Waals surface area contributed by atoms with Crippen LogP contribution in [0.2, 0.25) is 0 Å². The number of rotatable bonds is 5. The molecule has 0 radical (unpaired) electrons. The molecule has 0 saturated carbocycles. The predicted molar refractivity (Wildman–Crippen MR) is 72.6 cm³/mol. The van der Waals surface area contributed by atoms with Crippen molar-refractivity contribution in [2.24, 2.45) is 10.2 Å². The molecule has 1 rings (SSSR count). The summed E-state index contributed by atoms with van der Waals surface area (Å²) in [6.45, 7) is 1.84. The zero-order chi connectivity index (χ0) is 14.3. The summed E-state index contributed by atoms with van der Waals surface area (Å²) in [7, 11) is 1.49. The number of benzene rings is 1. The zero-order valence-corrected chi connectivity index (χ0v) is 12.0. The van der Waals surface area contributed by atoms with Crippen LogP contribution in [-0.4, -0.2) is 24.8 Å². The van der Waals surface area contributed by atoms with Gasteiger partial charge in [0.15, 0.2) is 0 Å². The number of azo groups is 1. The molecule has 0 aliphatic carbocycles. The maximum atomic E-state index is 11.4. The molecule has 0 unspecified atom stereocenters. The molecule has 0 aliphatic heterocycles. The van der Waals surface area contributed by atoms with Crippen molar-refractivity contribution in [1.29, 1.82) is 0 Å². The number of ether oxygens (including phenoxy) is 2. The Balaban J connectivity index is 2.94. The molecular formula is C12H13BrN2O4. The van der Waals surface area contributed by atoms with E-state index < -0.39 is 5.97 Å². The van der Waals surface area contributed by atoms with Crippen molar-refractivity contribution in [2.45, 2.75) is 6.92 Å². The maximum Gasteiger partial charge on any atom is 0.362 e. The zero-order valence-electron chi connectivity index (χ0n) is 10.5. The summed E-state index contributed by atoms with van der Waals surface area (Å²) < 4.78 is 10.6. The van der Waals surface area contributed by atoms with E-state index in [1.807, 2.05) is 0 Å². The van der Waals surface area contributed by atoms with Gasteiger partial charge in [0.2, 0.25) is 5.70 Å². The van der Waals surface area contributed by atoms with Crippen LogP contribution in [-0.2, 0) is 9.53 Å². The molecule has 0 bridgehead atoms. The molecule has 0 aliphatic rings. The average molecular weight is 329 g/mol. The molecule has 1 aromatic carbocycles. The van der Waals surface area contributed by atoms with E-state index in [4.69, 9.17) is 14.6 Å². The number of methoxy groups -OCH3 is 1. The highest BCUT2D eigenvalue weighted by atomic mass is 79.9. The van der Waals surface area contributed by atoms with Crippen molar-refractivity contribution in [3.05, 3.63) is 34.6 Å².